The molecule has 1 atom stereocenters. The van der Waals surface area contributed by atoms with E-state index in [4.69, 9.17) is 14.5 Å². The first-order chi connectivity index (χ1) is 16.8. The first kappa shape index (κ1) is 25.7. The van der Waals surface area contributed by atoms with Gasteiger partial charge in [-0.3, -0.25) is 0 Å². The standard InChI is InChI=1S/C29H31IN2O2S/c1-5-33-25-14-20(13-24(30)27(25)34-18-19-9-7-6-8-10-19)17-32-28-23(16-31)22-12-11-21(29(2,3)4)15-26(22)35-28/h6-10,13-14,17,21H,5,11-12,15,18H2,1-4H3/t21-/m1/s1. The molecule has 1 aliphatic rings. The van der Waals surface area contributed by atoms with E-state index in [1.54, 1.807) is 11.3 Å². The summed E-state index contributed by atoms with van der Waals surface area (Å²) in [4.78, 5) is 6.10. The topological polar surface area (TPSA) is 54.6 Å². The average Bonchev–Trinajstić information content (AvgIpc) is 3.19. The molecule has 1 aliphatic carbocycles. The Hall–Kier alpha value is -2.37. The highest BCUT2D eigenvalue weighted by Crippen LogP contribution is 2.45. The van der Waals surface area contributed by atoms with Gasteiger partial charge in [0.1, 0.15) is 17.7 Å². The van der Waals surface area contributed by atoms with E-state index in [1.807, 2.05) is 55.6 Å². The summed E-state index contributed by atoms with van der Waals surface area (Å²) in [5, 5.41) is 10.7. The van der Waals surface area contributed by atoms with Crippen molar-refractivity contribution in [1.29, 1.82) is 5.26 Å². The number of hydrogen-bond acceptors (Lipinski definition) is 5. The highest BCUT2D eigenvalue weighted by molar-refractivity contribution is 14.1. The Morgan fingerprint density at radius 2 is 1.97 bits per heavy atom. The molecule has 3 aromatic rings. The molecule has 0 aliphatic heterocycles. The molecule has 0 fully saturated rings. The highest BCUT2D eigenvalue weighted by Gasteiger charge is 2.32. The molecule has 1 heterocycles. The van der Waals surface area contributed by atoms with Crippen LogP contribution in [0.4, 0.5) is 5.00 Å². The predicted molar refractivity (Wildman–Crippen MR) is 152 cm³/mol. The molecular formula is C29H31IN2O2S. The van der Waals surface area contributed by atoms with Crippen LogP contribution in [-0.2, 0) is 19.4 Å². The molecule has 0 spiro atoms. The zero-order valence-electron chi connectivity index (χ0n) is 20.7. The number of fused-ring (bicyclic) bond motifs is 1. The maximum Gasteiger partial charge on any atom is 0.175 e. The van der Waals surface area contributed by atoms with Crippen molar-refractivity contribution in [1.82, 2.24) is 0 Å². The van der Waals surface area contributed by atoms with Gasteiger partial charge in [-0.2, -0.15) is 5.26 Å². The fourth-order valence-corrected chi connectivity index (χ4v) is 6.45. The second kappa shape index (κ2) is 11.1. The Bertz CT molecular complexity index is 1250. The van der Waals surface area contributed by atoms with Gasteiger partial charge in [0, 0.05) is 11.1 Å². The molecule has 4 nitrogen and oxygen atoms in total. The average molecular weight is 599 g/mol. The first-order valence-electron chi connectivity index (χ1n) is 12.0. The Balaban J connectivity index is 1.58. The number of halogens is 1. The molecule has 0 saturated heterocycles. The summed E-state index contributed by atoms with van der Waals surface area (Å²) in [7, 11) is 0. The molecule has 1 aromatic heterocycles. The van der Waals surface area contributed by atoms with Gasteiger partial charge in [-0.1, -0.05) is 51.1 Å². The number of benzene rings is 2. The van der Waals surface area contributed by atoms with E-state index in [0.29, 0.717) is 24.9 Å². The number of nitrogens with zero attached hydrogens (tertiary/aromatic N) is 2. The van der Waals surface area contributed by atoms with Crippen molar-refractivity contribution in [2.45, 2.75) is 53.6 Å². The summed E-state index contributed by atoms with van der Waals surface area (Å²) in [6.07, 6.45) is 4.97. The van der Waals surface area contributed by atoms with E-state index in [-0.39, 0.29) is 5.41 Å². The summed E-state index contributed by atoms with van der Waals surface area (Å²) < 4.78 is 13.0. The van der Waals surface area contributed by atoms with Crippen molar-refractivity contribution < 1.29 is 9.47 Å². The van der Waals surface area contributed by atoms with Crippen LogP contribution in [0.3, 0.4) is 0 Å². The number of rotatable bonds is 7. The van der Waals surface area contributed by atoms with Crippen molar-refractivity contribution in [3.63, 3.8) is 0 Å². The monoisotopic (exact) mass is 598 g/mol. The lowest BCUT2D eigenvalue weighted by atomic mass is 9.72. The third kappa shape index (κ3) is 6.07. The van der Waals surface area contributed by atoms with Gasteiger partial charge >= 0.3 is 0 Å². The summed E-state index contributed by atoms with van der Waals surface area (Å²) >= 11 is 3.96. The molecule has 0 bridgehead atoms. The molecule has 0 saturated carbocycles. The van der Waals surface area contributed by atoms with E-state index in [9.17, 15) is 5.26 Å². The maximum atomic E-state index is 9.88. The number of nitriles is 1. The van der Waals surface area contributed by atoms with Gasteiger partial charge in [-0.05, 0) is 88.9 Å². The lowest BCUT2D eigenvalue weighted by molar-refractivity contribution is 0.218. The SMILES string of the molecule is CCOc1cc(C=Nc2sc3c(c2C#N)CC[C@@H](C(C)(C)C)C3)cc(I)c1OCc1ccccc1. The van der Waals surface area contributed by atoms with Crippen LogP contribution >= 0.6 is 33.9 Å². The fourth-order valence-electron chi connectivity index (χ4n) is 4.45. The molecule has 0 amide bonds. The Morgan fingerprint density at radius 3 is 2.66 bits per heavy atom. The van der Waals surface area contributed by atoms with Crippen LogP contribution < -0.4 is 9.47 Å². The second-order valence-corrected chi connectivity index (χ2v) is 12.1. The van der Waals surface area contributed by atoms with Gasteiger partial charge in [0.05, 0.1) is 15.7 Å². The van der Waals surface area contributed by atoms with Gasteiger partial charge in [0.2, 0.25) is 0 Å². The van der Waals surface area contributed by atoms with Gasteiger partial charge in [-0.25, -0.2) is 4.99 Å². The largest absolute Gasteiger partial charge is 0.490 e. The van der Waals surface area contributed by atoms with Crippen LogP contribution in [0.25, 0.3) is 0 Å². The maximum absolute atomic E-state index is 9.88. The summed E-state index contributed by atoms with van der Waals surface area (Å²) in [6, 6.07) is 16.5. The van der Waals surface area contributed by atoms with Crippen molar-refractivity contribution >= 4 is 45.1 Å². The first-order valence-corrected chi connectivity index (χ1v) is 13.9. The van der Waals surface area contributed by atoms with Crippen LogP contribution in [0.2, 0.25) is 0 Å². The molecule has 0 radical (unpaired) electrons. The molecule has 0 unspecified atom stereocenters. The molecule has 0 N–H and O–H groups in total. The molecule has 182 valence electrons. The molecular weight excluding hydrogens is 567 g/mol. The molecule has 4 rings (SSSR count). The summed E-state index contributed by atoms with van der Waals surface area (Å²) in [6.45, 7) is 9.92. The van der Waals surface area contributed by atoms with E-state index in [2.05, 4.69) is 49.4 Å². The highest BCUT2D eigenvalue weighted by atomic mass is 127. The van der Waals surface area contributed by atoms with Crippen LogP contribution in [-0.4, -0.2) is 12.8 Å². The lowest BCUT2D eigenvalue weighted by Gasteiger charge is -2.33. The minimum Gasteiger partial charge on any atom is -0.490 e. The van der Waals surface area contributed by atoms with Crippen LogP contribution in [0.5, 0.6) is 11.5 Å². The van der Waals surface area contributed by atoms with E-state index in [0.717, 1.165) is 50.3 Å². The van der Waals surface area contributed by atoms with Gasteiger partial charge in [0.15, 0.2) is 11.5 Å². The van der Waals surface area contributed by atoms with Crippen molar-refractivity contribution in [2.24, 2.45) is 16.3 Å². The molecule has 6 heteroatoms. The van der Waals surface area contributed by atoms with Crippen LogP contribution in [0.1, 0.15) is 61.2 Å². The Labute approximate surface area is 226 Å². The quantitative estimate of drug-likeness (QED) is 0.204. The van der Waals surface area contributed by atoms with Crippen LogP contribution in [0, 0.1) is 26.2 Å². The van der Waals surface area contributed by atoms with Gasteiger partial charge in [0.25, 0.3) is 0 Å². The second-order valence-electron chi connectivity index (χ2n) is 9.90. The fraction of sp³-hybridized carbons (Fsp3) is 0.379. The van der Waals surface area contributed by atoms with E-state index in [1.165, 1.54) is 10.4 Å². The number of aliphatic imine (C=N–C) groups is 1. The lowest BCUT2D eigenvalue weighted by Crippen LogP contribution is -2.26. The Morgan fingerprint density at radius 1 is 1.20 bits per heavy atom. The smallest absolute Gasteiger partial charge is 0.175 e. The van der Waals surface area contributed by atoms with Crippen molar-refractivity contribution in [3.8, 4) is 17.6 Å². The summed E-state index contributed by atoms with van der Waals surface area (Å²) in [5.41, 5.74) is 4.26. The zero-order chi connectivity index (χ0) is 25.0. The van der Waals surface area contributed by atoms with Crippen LogP contribution in [0.15, 0.2) is 47.5 Å². The third-order valence-electron chi connectivity index (χ3n) is 6.47. The summed E-state index contributed by atoms with van der Waals surface area (Å²) in [5.74, 6) is 2.08. The molecule has 2 aromatic carbocycles. The third-order valence-corrected chi connectivity index (χ3v) is 8.44. The predicted octanol–water partition coefficient (Wildman–Crippen LogP) is 8.10. The van der Waals surface area contributed by atoms with E-state index >= 15 is 0 Å². The number of thiophene rings is 1. The van der Waals surface area contributed by atoms with Gasteiger partial charge < -0.3 is 9.47 Å². The normalized spacial score (nSPS) is 15.6. The minimum absolute atomic E-state index is 0.272. The van der Waals surface area contributed by atoms with Crippen molar-refractivity contribution in [3.05, 3.63) is 73.2 Å². The van der Waals surface area contributed by atoms with E-state index < -0.39 is 0 Å². The number of ether oxygens (including phenoxy) is 2. The number of hydrogen-bond donors (Lipinski definition) is 0. The van der Waals surface area contributed by atoms with Crippen molar-refractivity contribution in [2.75, 3.05) is 6.61 Å². The minimum atomic E-state index is 0.272. The molecule has 35 heavy (non-hydrogen) atoms. The zero-order valence-corrected chi connectivity index (χ0v) is 23.7. The van der Waals surface area contributed by atoms with Gasteiger partial charge in [-0.15, -0.1) is 11.3 Å². The Kier molecular flexibility index (Phi) is 8.18.